The summed E-state index contributed by atoms with van der Waals surface area (Å²) in [5.41, 5.74) is 2.92. The molecule has 0 aliphatic heterocycles. The summed E-state index contributed by atoms with van der Waals surface area (Å²) in [5, 5.41) is 13.2. The summed E-state index contributed by atoms with van der Waals surface area (Å²) in [4.78, 5) is 0. The Kier molecular flexibility index (Phi) is 2.21. The molecule has 0 unspecified atom stereocenters. The van der Waals surface area contributed by atoms with Crippen molar-refractivity contribution in [3.8, 4) is 5.75 Å². The smallest absolute Gasteiger partial charge is 0.115 e. The molecule has 0 radical (unpaired) electrons. The average molecular weight is 217 g/mol. The third-order valence-electron chi connectivity index (χ3n) is 4.56. The molecule has 0 heterocycles. The highest BCUT2D eigenvalue weighted by Crippen LogP contribution is 2.50. The van der Waals surface area contributed by atoms with Crippen LogP contribution in [0.2, 0.25) is 0 Å². The molecule has 86 valence electrons. The van der Waals surface area contributed by atoms with Gasteiger partial charge in [-0.25, -0.2) is 0 Å². The Bertz CT molecular complexity index is 415. The summed E-state index contributed by atoms with van der Waals surface area (Å²) in [6.45, 7) is 0. The minimum atomic E-state index is 0.145. The number of phenols is 1. The van der Waals surface area contributed by atoms with Crippen molar-refractivity contribution in [2.24, 2.45) is 5.92 Å². The number of hydrogen-bond acceptors (Lipinski definition) is 2. The molecule has 1 fully saturated rings. The van der Waals surface area contributed by atoms with Crippen LogP contribution in [-0.2, 0) is 12.0 Å². The molecule has 0 spiro atoms. The molecule has 2 aliphatic carbocycles. The van der Waals surface area contributed by atoms with Gasteiger partial charge in [0, 0.05) is 5.54 Å². The Morgan fingerprint density at radius 1 is 1.38 bits per heavy atom. The molecule has 16 heavy (non-hydrogen) atoms. The van der Waals surface area contributed by atoms with E-state index in [1.54, 1.807) is 0 Å². The number of benzene rings is 1. The maximum Gasteiger partial charge on any atom is 0.115 e. The van der Waals surface area contributed by atoms with E-state index in [1.807, 2.05) is 12.1 Å². The van der Waals surface area contributed by atoms with Crippen LogP contribution >= 0.6 is 0 Å². The zero-order valence-corrected chi connectivity index (χ0v) is 9.79. The first-order chi connectivity index (χ1) is 7.76. The molecule has 2 aliphatic rings. The fourth-order valence-electron chi connectivity index (χ4n) is 3.76. The van der Waals surface area contributed by atoms with Crippen molar-refractivity contribution in [1.29, 1.82) is 0 Å². The molecule has 2 heteroatoms. The van der Waals surface area contributed by atoms with Crippen molar-refractivity contribution in [3.63, 3.8) is 0 Å². The maximum absolute atomic E-state index is 9.67. The molecular formula is C14H19NO. The first-order valence-electron chi connectivity index (χ1n) is 6.27. The van der Waals surface area contributed by atoms with E-state index in [1.165, 1.54) is 43.2 Å². The second-order valence-electron chi connectivity index (χ2n) is 5.21. The summed E-state index contributed by atoms with van der Waals surface area (Å²) in [6.07, 6.45) is 6.36. The van der Waals surface area contributed by atoms with Crippen molar-refractivity contribution < 1.29 is 5.11 Å². The van der Waals surface area contributed by atoms with E-state index in [0.29, 0.717) is 5.75 Å². The van der Waals surface area contributed by atoms with Gasteiger partial charge in [-0.3, -0.25) is 0 Å². The Morgan fingerprint density at radius 2 is 2.25 bits per heavy atom. The number of aromatic hydroxyl groups is 1. The maximum atomic E-state index is 9.67. The van der Waals surface area contributed by atoms with Gasteiger partial charge in [-0.2, -0.15) is 0 Å². The van der Waals surface area contributed by atoms with E-state index < -0.39 is 0 Å². The van der Waals surface area contributed by atoms with Gasteiger partial charge in [-0.05, 0) is 55.5 Å². The molecular weight excluding hydrogens is 198 g/mol. The Morgan fingerprint density at radius 3 is 3.06 bits per heavy atom. The van der Waals surface area contributed by atoms with Crippen LogP contribution in [0.4, 0.5) is 0 Å². The van der Waals surface area contributed by atoms with E-state index in [0.717, 1.165) is 5.92 Å². The lowest BCUT2D eigenvalue weighted by Gasteiger charge is -2.40. The molecule has 2 nitrogen and oxygen atoms in total. The minimum absolute atomic E-state index is 0.145. The van der Waals surface area contributed by atoms with Gasteiger partial charge in [0.25, 0.3) is 0 Å². The van der Waals surface area contributed by atoms with Gasteiger partial charge >= 0.3 is 0 Å². The van der Waals surface area contributed by atoms with Gasteiger partial charge in [-0.1, -0.05) is 18.9 Å². The van der Waals surface area contributed by atoms with E-state index >= 15 is 0 Å². The van der Waals surface area contributed by atoms with Crippen LogP contribution in [0, 0.1) is 5.92 Å². The lowest BCUT2D eigenvalue weighted by molar-refractivity contribution is 0.171. The fourth-order valence-corrected chi connectivity index (χ4v) is 3.76. The second-order valence-corrected chi connectivity index (χ2v) is 5.21. The van der Waals surface area contributed by atoms with Gasteiger partial charge in [0.15, 0.2) is 0 Å². The van der Waals surface area contributed by atoms with Gasteiger partial charge in [-0.15, -0.1) is 0 Å². The van der Waals surface area contributed by atoms with Crippen LogP contribution in [0.25, 0.3) is 0 Å². The third kappa shape index (κ3) is 1.23. The second kappa shape index (κ2) is 3.49. The number of hydrogen-bond donors (Lipinski definition) is 2. The highest BCUT2D eigenvalue weighted by Gasteiger charge is 2.46. The van der Waals surface area contributed by atoms with Crippen molar-refractivity contribution in [3.05, 3.63) is 29.3 Å². The van der Waals surface area contributed by atoms with Crippen LogP contribution in [0.15, 0.2) is 18.2 Å². The predicted molar refractivity (Wildman–Crippen MR) is 64.5 cm³/mol. The van der Waals surface area contributed by atoms with Crippen molar-refractivity contribution in [2.75, 3.05) is 7.05 Å². The molecule has 2 atom stereocenters. The number of rotatable bonds is 1. The Balaban J connectivity index is 2.12. The fraction of sp³-hybridized carbons (Fsp3) is 0.571. The Labute approximate surface area is 96.7 Å². The molecule has 0 amide bonds. The topological polar surface area (TPSA) is 32.3 Å². The Hall–Kier alpha value is -1.02. The molecule has 0 saturated heterocycles. The van der Waals surface area contributed by atoms with Crippen molar-refractivity contribution >= 4 is 0 Å². The van der Waals surface area contributed by atoms with Crippen LogP contribution in [-0.4, -0.2) is 12.2 Å². The van der Waals surface area contributed by atoms with Crippen molar-refractivity contribution in [2.45, 2.75) is 37.6 Å². The minimum Gasteiger partial charge on any atom is -0.508 e. The standard InChI is InChI=1S/C14H19NO/c1-15-14-7-3-2-4-11(14)8-10-5-6-12(16)9-13(10)14/h5-6,9,11,15-16H,2-4,7-8H2,1H3/t11-,14+/m1/s1. The van der Waals surface area contributed by atoms with Crippen molar-refractivity contribution in [1.82, 2.24) is 5.32 Å². The SMILES string of the molecule is CN[C@@]12CCCC[C@@H]1Cc1ccc(O)cc12. The number of nitrogens with one attached hydrogen (secondary N) is 1. The lowest BCUT2D eigenvalue weighted by atomic mass is 9.73. The van der Waals surface area contributed by atoms with Crippen LogP contribution < -0.4 is 5.32 Å². The lowest BCUT2D eigenvalue weighted by Crippen LogP contribution is -2.46. The van der Waals surface area contributed by atoms with Gasteiger partial charge in [0.1, 0.15) is 5.75 Å². The molecule has 2 N–H and O–H groups in total. The molecule has 1 saturated carbocycles. The van der Waals surface area contributed by atoms with E-state index in [9.17, 15) is 5.11 Å². The highest BCUT2D eigenvalue weighted by atomic mass is 16.3. The molecule has 0 bridgehead atoms. The average Bonchev–Trinajstić information content (AvgIpc) is 2.64. The molecule has 0 aromatic heterocycles. The zero-order chi connectivity index (χ0) is 11.2. The van der Waals surface area contributed by atoms with E-state index in [-0.39, 0.29) is 5.54 Å². The number of fused-ring (bicyclic) bond motifs is 3. The van der Waals surface area contributed by atoms with E-state index in [2.05, 4.69) is 18.4 Å². The predicted octanol–water partition coefficient (Wildman–Crippen LogP) is 2.55. The van der Waals surface area contributed by atoms with Crippen LogP contribution in [0.1, 0.15) is 36.8 Å². The third-order valence-corrected chi connectivity index (χ3v) is 4.56. The summed E-state index contributed by atoms with van der Waals surface area (Å²) < 4.78 is 0. The molecule has 3 rings (SSSR count). The van der Waals surface area contributed by atoms with E-state index in [4.69, 9.17) is 0 Å². The summed E-state index contributed by atoms with van der Waals surface area (Å²) >= 11 is 0. The van der Waals surface area contributed by atoms with Crippen LogP contribution in [0.5, 0.6) is 5.75 Å². The summed E-state index contributed by atoms with van der Waals surface area (Å²) in [6, 6.07) is 5.89. The largest absolute Gasteiger partial charge is 0.508 e. The quantitative estimate of drug-likeness (QED) is 0.757. The monoisotopic (exact) mass is 217 g/mol. The normalized spacial score (nSPS) is 32.2. The summed E-state index contributed by atoms with van der Waals surface area (Å²) in [5.74, 6) is 1.13. The summed E-state index contributed by atoms with van der Waals surface area (Å²) in [7, 11) is 2.07. The first-order valence-corrected chi connectivity index (χ1v) is 6.27. The van der Waals surface area contributed by atoms with Gasteiger partial charge in [0.2, 0.25) is 0 Å². The first kappa shape index (κ1) is 10.2. The molecule has 1 aromatic rings. The number of phenolic OH excluding ortho intramolecular Hbond substituents is 1. The van der Waals surface area contributed by atoms with Crippen LogP contribution in [0.3, 0.4) is 0 Å². The van der Waals surface area contributed by atoms with Gasteiger partial charge in [0.05, 0.1) is 0 Å². The molecule has 1 aromatic carbocycles. The zero-order valence-electron chi connectivity index (χ0n) is 9.79. The highest BCUT2D eigenvalue weighted by molar-refractivity contribution is 5.45. The van der Waals surface area contributed by atoms with Gasteiger partial charge < -0.3 is 10.4 Å².